The first-order valence-corrected chi connectivity index (χ1v) is 8.26. The Morgan fingerprint density at radius 3 is 2.70 bits per heavy atom. The molecule has 1 N–H and O–H groups in total. The quantitative estimate of drug-likeness (QED) is 0.778. The van der Waals surface area contributed by atoms with Crippen molar-refractivity contribution in [3.8, 4) is 0 Å². The van der Waals surface area contributed by atoms with E-state index in [2.05, 4.69) is 21.2 Å². The summed E-state index contributed by atoms with van der Waals surface area (Å²) in [5.74, 6) is 0. The summed E-state index contributed by atoms with van der Waals surface area (Å²) in [6.07, 6.45) is -0.304. The van der Waals surface area contributed by atoms with Crippen molar-refractivity contribution in [1.29, 1.82) is 0 Å². The lowest BCUT2D eigenvalue weighted by Crippen LogP contribution is -2.37. The minimum absolute atomic E-state index is 0.304. The Hall–Kier alpha value is -0.300. The van der Waals surface area contributed by atoms with E-state index < -0.39 is 5.60 Å². The highest BCUT2D eigenvalue weighted by atomic mass is 79.9. The molecule has 0 aliphatic rings. The van der Waals surface area contributed by atoms with Gasteiger partial charge in [0, 0.05) is 36.0 Å². The molecule has 4 nitrogen and oxygen atoms in total. The molecule has 0 aliphatic heterocycles. The molecule has 1 rings (SSSR count). The van der Waals surface area contributed by atoms with E-state index in [-0.39, 0.29) is 6.09 Å². The number of hydrogen-bond donors (Lipinski definition) is 1. The van der Waals surface area contributed by atoms with Crippen LogP contribution in [0.25, 0.3) is 0 Å². The maximum Gasteiger partial charge on any atom is 0.410 e. The van der Waals surface area contributed by atoms with Crippen molar-refractivity contribution in [3.63, 3.8) is 0 Å². The SMILES string of the molecule is CN(CCNCc1cc(Br)c(Cl)s1)C(=O)OC(C)(C)C. The third-order valence-corrected chi connectivity index (χ3v) is 4.80. The van der Waals surface area contributed by atoms with Crippen LogP contribution in [0.3, 0.4) is 0 Å². The first kappa shape index (κ1) is 17.8. The van der Waals surface area contributed by atoms with Crippen LogP contribution in [-0.2, 0) is 11.3 Å². The van der Waals surface area contributed by atoms with Gasteiger partial charge in [-0.3, -0.25) is 0 Å². The minimum Gasteiger partial charge on any atom is -0.444 e. The molecular formula is C13H20BrClN2O2S. The fourth-order valence-electron chi connectivity index (χ4n) is 1.37. The number of carbonyl (C=O) groups is 1. The average Bonchev–Trinajstić information content (AvgIpc) is 2.62. The van der Waals surface area contributed by atoms with Gasteiger partial charge >= 0.3 is 6.09 Å². The largest absolute Gasteiger partial charge is 0.444 e. The van der Waals surface area contributed by atoms with Crippen LogP contribution in [0, 0.1) is 0 Å². The van der Waals surface area contributed by atoms with Crippen molar-refractivity contribution in [3.05, 3.63) is 19.8 Å². The van der Waals surface area contributed by atoms with Crippen LogP contribution in [0.4, 0.5) is 4.79 Å². The Morgan fingerprint density at radius 1 is 1.55 bits per heavy atom. The molecule has 0 fully saturated rings. The molecule has 1 heterocycles. The summed E-state index contributed by atoms with van der Waals surface area (Å²) in [6.45, 7) is 7.59. The van der Waals surface area contributed by atoms with Crippen molar-refractivity contribution in [2.75, 3.05) is 20.1 Å². The van der Waals surface area contributed by atoms with E-state index in [9.17, 15) is 4.79 Å². The Morgan fingerprint density at radius 2 is 2.20 bits per heavy atom. The van der Waals surface area contributed by atoms with Crippen LogP contribution >= 0.6 is 38.9 Å². The Labute approximate surface area is 137 Å². The zero-order chi connectivity index (χ0) is 15.3. The lowest BCUT2D eigenvalue weighted by molar-refractivity contribution is 0.0300. The van der Waals surface area contributed by atoms with Gasteiger partial charge in [-0.1, -0.05) is 11.6 Å². The summed E-state index contributed by atoms with van der Waals surface area (Å²) < 4.78 is 6.95. The van der Waals surface area contributed by atoms with Crippen molar-refractivity contribution in [1.82, 2.24) is 10.2 Å². The lowest BCUT2D eigenvalue weighted by Gasteiger charge is -2.24. The topological polar surface area (TPSA) is 41.6 Å². The monoisotopic (exact) mass is 382 g/mol. The molecule has 1 amide bonds. The third-order valence-electron chi connectivity index (χ3n) is 2.32. The summed E-state index contributed by atoms with van der Waals surface area (Å²) in [4.78, 5) is 14.4. The number of nitrogens with zero attached hydrogens (tertiary/aromatic N) is 1. The van der Waals surface area contributed by atoms with Gasteiger partial charge in [-0.15, -0.1) is 11.3 Å². The van der Waals surface area contributed by atoms with Crippen molar-refractivity contribution in [2.24, 2.45) is 0 Å². The molecule has 0 saturated heterocycles. The molecule has 20 heavy (non-hydrogen) atoms. The number of halogens is 2. The number of hydrogen-bond acceptors (Lipinski definition) is 4. The summed E-state index contributed by atoms with van der Waals surface area (Å²) in [6, 6.07) is 2.00. The standard InChI is InChI=1S/C13H20BrClN2O2S/c1-13(2,3)19-12(18)17(4)6-5-16-8-9-7-10(14)11(15)20-9/h7,16H,5-6,8H2,1-4H3. The van der Waals surface area contributed by atoms with Gasteiger partial charge in [0.25, 0.3) is 0 Å². The van der Waals surface area contributed by atoms with Crippen molar-refractivity contribution >= 4 is 45.0 Å². The number of ether oxygens (including phenoxy) is 1. The second kappa shape index (κ2) is 7.64. The van der Waals surface area contributed by atoms with E-state index in [4.69, 9.17) is 16.3 Å². The van der Waals surface area contributed by atoms with Gasteiger partial charge in [-0.25, -0.2) is 4.79 Å². The van der Waals surface area contributed by atoms with Crippen LogP contribution in [-0.4, -0.2) is 36.7 Å². The van der Waals surface area contributed by atoms with E-state index in [0.717, 1.165) is 20.2 Å². The second-order valence-electron chi connectivity index (χ2n) is 5.41. The summed E-state index contributed by atoms with van der Waals surface area (Å²) in [5, 5.41) is 3.27. The molecule has 0 aliphatic carbocycles. The van der Waals surface area contributed by atoms with E-state index in [1.165, 1.54) is 11.3 Å². The molecule has 114 valence electrons. The molecule has 0 unspecified atom stereocenters. The van der Waals surface area contributed by atoms with Gasteiger partial charge in [0.2, 0.25) is 0 Å². The molecule has 0 aromatic carbocycles. The fraction of sp³-hybridized carbons (Fsp3) is 0.615. The normalized spacial score (nSPS) is 11.5. The van der Waals surface area contributed by atoms with E-state index in [1.54, 1.807) is 11.9 Å². The smallest absolute Gasteiger partial charge is 0.410 e. The Bertz CT molecular complexity index is 440. The van der Waals surface area contributed by atoms with Crippen molar-refractivity contribution in [2.45, 2.75) is 32.9 Å². The molecule has 0 radical (unpaired) electrons. The van der Waals surface area contributed by atoms with Crippen LogP contribution < -0.4 is 5.32 Å². The highest BCUT2D eigenvalue weighted by molar-refractivity contribution is 9.10. The Kier molecular flexibility index (Phi) is 6.78. The molecule has 0 spiro atoms. The van der Waals surface area contributed by atoms with Crippen LogP contribution in [0.15, 0.2) is 10.5 Å². The molecule has 0 bridgehead atoms. The first-order chi connectivity index (χ1) is 9.19. The maximum absolute atomic E-state index is 11.7. The number of thiophene rings is 1. The lowest BCUT2D eigenvalue weighted by atomic mass is 10.2. The first-order valence-electron chi connectivity index (χ1n) is 6.27. The van der Waals surface area contributed by atoms with Gasteiger partial charge in [0.15, 0.2) is 0 Å². The predicted molar refractivity (Wildman–Crippen MR) is 87.6 cm³/mol. The van der Waals surface area contributed by atoms with Gasteiger partial charge in [-0.2, -0.15) is 0 Å². The molecule has 1 aromatic rings. The number of nitrogens with one attached hydrogen (secondary N) is 1. The zero-order valence-electron chi connectivity index (χ0n) is 12.1. The highest BCUT2D eigenvalue weighted by Crippen LogP contribution is 2.31. The molecule has 0 atom stereocenters. The Balaban J connectivity index is 2.25. The van der Waals surface area contributed by atoms with Crippen LogP contribution in [0.5, 0.6) is 0 Å². The van der Waals surface area contributed by atoms with E-state index in [0.29, 0.717) is 13.1 Å². The number of amides is 1. The summed E-state index contributed by atoms with van der Waals surface area (Å²) >= 11 is 10.9. The van der Waals surface area contributed by atoms with Crippen LogP contribution in [0.2, 0.25) is 4.34 Å². The second-order valence-corrected chi connectivity index (χ2v) is 8.01. The summed E-state index contributed by atoms with van der Waals surface area (Å²) in [5.41, 5.74) is -0.460. The molecule has 1 aromatic heterocycles. The fourth-order valence-corrected chi connectivity index (χ4v) is 3.13. The maximum atomic E-state index is 11.7. The number of carbonyl (C=O) groups excluding carboxylic acids is 1. The van der Waals surface area contributed by atoms with E-state index >= 15 is 0 Å². The van der Waals surface area contributed by atoms with E-state index in [1.807, 2.05) is 26.8 Å². The number of rotatable bonds is 5. The molecule has 0 saturated carbocycles. The predicted octanol–water partition coefficient (Wildman–Crippen LogP) is 4.12. The average molecular weight is 384 g/mol. The van der Waals surface area contributed by atoms with Gasteiger partial charge in [0.1, 0.15) is 9.94 Å². The van der Waals surface area contributed by atoms with Gasteiger partial charge in [0.05, 0.1) is 0 Å². The molecule has 7 heteroatoms. The highest BCUT2D eigenvalue weighted by Gasteiger charge is 2.19. The van der Waals surface area contributed by atoms with Gasteiger partial charge in [-0.05, 0) is 42.8 Å². The third kappa shape index (κ3) is 6.43. The van der Waals surface area contributed by atoms with Crippen LogP contribution in [0.1, 0.15) is 25.6 Å². The minimum atomic E-state index is -0.460. The number of likely N-dealkylation sites (N-methyl/N-ethyl adjacent to an activating group) is 1. The zero-order valence-corrected chi connectivity index (χ0v) is 15.3. The molecular weight excluding hydrogens is 364 g/mol. The summed E-state index contributed by atoms with van der Waals surface area (Å²) in [7, 11) is 1.73. The van der Waals surface area contributed by atoms with Crippen molar-refractivity contribution < 1.29 is 9.53 Å². The van der Waals surface area contributed by atoms with Gasteiger partial charge < -0.3 is 15.0 Å².